The first kappa shape index (κ1) is 10.3. The Hall–Kier alpha value is -0.760. The molecule has 0 spiro atoms. The molecule has 0 unspecified atom stereocenters. The molecule has 0 aliphatic rings. The zero-order valence-corrected chi connectivity index (χ0v) is 9.30. The predicted octanol–water partition coefficient (Wildman–Crippen LogP) is 3.54. The standard InChI is InChI=1S/C11H13BrO/c1-3-10-6-4-5-7-11(10)13-8-9(2)12/h4-7H,2-3,8H2,1H3. The van der Waals surface area contributed by atoms with Gasteiger partial charge in [-0.1, -0.05) is 47.6 Å². The molecule has 70 valence electrons. The first-order chi connectivity index (χ1) is 6.24. The summed E-state index contributed by atoms with van der Waals surface area (Å²) >= 11 is 3.26. The van der Waals surface area contributed by atoms with Crippen molar-refractivity contribution in [2.75, 3.05) is 6.61 Å². The Kier molecular flexibility index (Phi) is 4.03. The summed E-state index contributed by atoms with van der Waals surface area (Å²) in [7, 11) is 0. The maximum atomic E-state index is 5.54. The fourth-order valence-corrected chi connectivity index (χ4v) is 1.21. The molecule has 0 aliphatic heterocycles. The normalized spacial score (nSPS) is 9.69. The third kappa shape index (κ3) is 3.23. The van der Waals surface area contributed by atoms with Crippen molar-refractivity contribution in [3.8, 4) is 5.75 Å². The molecule has 0 atom stereocenters. The van der Waals surface area contributed by atoms with E-state index in [1.807, 2.05) is 18.2 Å². The molecular formula is C11H13BrO. The van der Waals surface area contributed by atoms with Crippen LogP contribution in [0.3, 0.4) is 0 Å². The lowest BCUT2D eigenvalue weighted by Gasteiger charge is -2.08. The third-order valence-electron chi connectivity index (χ3n) is 1.74. The molecule has 0 heterocycles. The smallest absolute Gasteiger partial charge is 0.123 e. The molecule has 0 saturated carbocycles. The Balaban J connectivity index is 2.69. The van der Waals surface area contributed by atoms with Gasteiger partial charge < -0.3 is 4.74 Å². The number of rotatable bonds is 4. The van der Waals surface area contributed by atoms with Gasteiger partial charge in [0.2, 0.25) is 0 Å². The Labute approximate surface area is 87.5 Å². The van der Waals surface area contributed by atoms with Gasteiger partial charge in [0.15, 0.2) is 0 Å². The summed E-state index contributed by atoms with van der Waals surface area (Å²) < 4.78 is 6.40. The molecule has 0 radical (unpaired) electrons. The monoisotopic (exact) mass is 240 g/mol. The maximum Gasteiger partial charge on any atom is 0.123 e. The van der Waals surface area contributed by atoms with Gasteiger partial charge in [-0.15, -0.1) is 0 Å². The summed E-state index contributed by atoms with van der Waals surface area (Å²) in [6.07, 6.45) is 0.991. The average molecular weight is 241 g/mol. The molecule has 0 bridgehead atoms. The van der Waals surface area contributed by atoms with E-state index in [1.54, 1.807) is 0 Å². The number of halogens is 1. The van der Waals surface area contributed by atoms with Crippen molar-refractivity contribution >= 4 is 15.9 Å². The number of ether oxygens (including phenoxy) is 1. The van der Waals surface area contributed by atoms with Crippen LogP contribution in [0, 0.1) is 0 Å². The predicted molar refractivity (Wildman–Crippen MR) is 59.4 cm³/mol. The van der Waals surface area contributed by atoms with Crippen molar-refractivity contribution in [3.63, 3.8) is 0 Å². The van der Waals surface area contributed by atoms with Gasteiger partial charge >= 0.3 is 0 Å². The van der Waals surface area contributed by atoms with Crippen LogP contribution in [0.5, 0.6) is 5.75 Å². The van der Waals surface area contributed by atoms with E-state index >= 15 is 0 Å². The van der Waals surface area contributed by atoms with Crippen LogP contribution < -0.4 is 4.74 Å². The number of para-hydroxylation sites is 1. The minimum atomic E-state index is 0.525. The van der Waals surface area contributed by atoms with E-state index in [0.29, 0.717) is 6.61 Å². The quantitative estimate of drug-likeness (QED) is 0.783. The van der Waals surface area contributed by atoms with E-state index in [0.717, 1.165) is 16.7 Å². The number of aryl methyl sites for hydroxylation is 1. The molecule has 1 aromatic carbocycles. The minimum Gasteiger partial charge on any atom is -0.488 e. The van der Waals surface area contributed by atoms with Gasteiger partial charge in [0.1, 0.15) is 12.4 Å². The lowest BCUT2D eigenvalue weighted by molar-refractivity contribution is 0.357. The Morgan fingerprint density at radius 2 is 2.15 bits per heavy atom. The molecule has 0 aromatic heterocycles. The number of hydrogen-bond acceptors (Lipinski definition) is 1. The van der Waals surface area contributed by atoms with E-state index in [1.165, 1.54) is 5.56 Å². The van der Waals surface area contributed by atoms with Gasteiger partial charge in [-0.25, -0.2) is 0 Å². The molecule has 1 aromatic rings. The topological polar surface area (TPSA) is 9.23 Å². The molecule has 2 heteroatoms. The summed E-state index contributed by atoms with van der Waals surface area (Å²) in [5, 5.41) is 0. The fourth-order valence-electron chi connectivity index (χ4n) is 1.09. The van der Waals surface area contributed by atoms with Crippen molar-refractivity contribution in [1.82, 2.24) is 0 Å². The van der Waals surface area contributed by atoms with Crippen LogP contribution in [-0.4, -0.2) is 6.61 Å². The summed E-state index contributed by atoms with van der Waals surface area (Å²) in [5.74, 6) is 0.950. The van der Waals surface area contributed by atoms with Crippen LogP contribution in [0.25, 0.3) is 0 Å². The largest absolute Gasteiger partial charge is 0.488 e. The molecule has 13 heavy (non-hydrogen) atoms. The average Bonchev–Trinajstić information content (AvgIpc) is 2.15. The summed E-state index contributed by atoms with van der Waals surface area (Å²) in [4.78, 5) is 0. The molecular weight excluding hydrogens is 228 g/mol. The first-order valence-corrected chi connectivity index (χ1v) is 5.07. The van der Waals surface area contributed by atoms with Crippen LogP contribution >= 0.6 is 15.9 Å². The molecule has 1 rings (SSSR count). The van der Waals surface area contributed by atoms with E-state index in [-0.39, 0.29) is 0 Å². The van der Waals surface area contributed by atoms with Crippen molar-refractivity contribution in [1.29, 1.82) is 0 Å². The highest BCUT2D eigenvalue weighted by atomic mass is 79.9. The van der Waals surface area contributed by atoms with Gasteiger partial charge in [0.05, 0.1) is 0 Å². The van der Waals surface area contributed by atoms with E-state index < -0.39 is 0 Å². The van der Waals surface area contributed by atoms with Crippen LogP contribution in [0.2, 0.25) is 0 Å². The van der Waals surface area contributed by atoms with Gasteiger partial charge in [0.25, 0.3) is 0 Å². The lowest BCUT2D eigenvalue weighted by atomic mass is 10.1. The highest BCUT2D eigenvalue weighted by molar-refractivity contribution is 9.11. The van der Waals surface area contributed by atoms with Gasteiger partial charge in [-0.05, 0) is 18.1 Å². The molecule has 0 fully saturated rings. The highest BCUT2D eigenvalue weighted by Gasteiger charge is 1.99. The third-order valence-corrected chi connectivity index (χ3v) is 1.97. The lowest BCUT2D eigenvalue weighted by Crippen LogP contribution is -1.98. The minimum absolute atomic E-state index is 0.525. The van der Waals surface area contributed by atoms with Crippen LogP contribution in [-0.2, 0) is 6.42 Å². The van der Waals surface area contributed by atoms with E-state index in [9.17, 15) is 0 Å². The van der Waals surface area contributed by atoms with Gasteiger partial charge in [-0.2, -0.15) is 0 Å². The SMILES string of the molecule is C=C(Br)COc1ccccc1CC. The van der Waals surface area contributed by atoms with Crippen LogP contribution in [0.15, 0.2) is 35.3 Å². The zero-order valence-electron chi connectivity index (χ0n) is 7.72. The molecule has 0 aliphatic carbocycles. The van der Waals surface area contributed by atoms with Crippen molar-refractivity contribution < 1.29 is 4.74 Å². The summed E-state index contributed by atoms with van der Waals surface area (Å²) in [6, 6.07) is 8.06. The number of benzene rings is 1. The Morgan fingerprint density at radius 1 is 1.46 bits per heavy atom. The molecule has 0 saturated heterocycles. The zero-order chi connectivity index (χ0) is 9.68. The maximum absolute atomic E-state index is 5.54. The van der Waals surface area contributed by atoms with Crippen LogP contribution in [0.4, 0.5) is 0 Å². The highest BCUT2D eigenvalue weighted by Crippen LogP contribution is 2.19. The Bertz CT molecular complexity index is 294. The van der Waals surface area contributed by atoms with E-state index in [4.69, 9.17) is 4.74 Å². The second kappa shape index (κ2) is 5.07. The molecule has 0 amide bonds. The second-order valence-corrected chi connectivity index (χ2v) is 3.89. The number of hydrogen-bond donors (Lipinski definition) is 0. The fraction of sp³-hybridized carbons (Fsp3) is 0.273. The summed E-state index contributed by atoms with van der Waals surface area (Å²) in [5.41, 5.74) is 1.23. The van der Waals surface area contributed by atoms with Gasteiger partial charge in [-0.3, -0.25) is 0 Å². The molecule has 1 nitrogen and oxygen atoms in total. The van der Waals surface area contributed by atoms with Crippen molar-refractivity contribution in [2.45, 2.75) is 13.3 Å². The van der Waals surface area contributed by atoms with Crippen molar-refractivity contribution in [3.05, 3.63) is 40.9 Å². The van der Waals surface area contributed by atoms with Crippen LogP contribution in [0.1, 0.15) is 12.5 Å². The Morgan fingerprint density at radius 3 is 2.77 bits per heavy atom. The second-order valence-electron chi connectivity index (χ2n) is 2.77. The molecule has 0 N–H and O–H groups in total. The van der Waals surface area contributed by atoms with E-state index in [2.05, 4.69) is 35.5 Å². The van der Waals surface area contributed by atoms with Crippen molar-refractivity contribution in [2.24, 2.45) is 0 Å². The first-order valence-electron chi connectivity index (χ1n) is 4.28. The van der Waals surface area contributed by atoms with Gasteiger partial charge in [0, 0.05) is 4.48 Å². The summed E-state index contributed by atoms with van der Waals surface area (Å²) in [6.45, 7) is 6.36.